The van der Waals surface area contributed by atoms with Gasteiger partial charge in [-0.3, -0.25) is 0 Å². The van der Waals surface area contributed by atoms with Crippen molar-refractivity contribution in [3.63, 3.8) is 0 Å². The molecule has 1 aliphatic heterocycles. The fourth-order valence-corrected chi connectivity index (χ4v) is 2.86. The Bertz CT molecular complexity index is 452. The summed E-state index contributed by atoms with van der Waals surface area (Å²) in [5.41, 5.74) is 1.79. The summed E-state index contributed by atoms with van der Waals surface area (Å²) in [6.45, 7) is 9.38. The van der Waals surface area contributed by atoms with Crippen molar-refractivity contribution in [1.82, 2.24) is 5.32 Å². The number of morpholine rings is 1. The molecular weight excluding hydrogens is 267 g/mol. The first-order valence-corrected chi connectivity index (χ1v) is 8.03. The first-order valence-electron chi connectivity index (χ1n) is 8.03. The van der Waals surface area contributed by atoms with Gasteiger partial charge in [0.15, 0.2) is 0 Å². The minimum atomic E-state index is -0.120. The van der Waals surface area contributed by atoms with Crippen LogP contribution < -0.4 is 10.2 Å². The summed E-state index contributed by atoms with van der Waals surface area (Å²) in [4.78, 5) is 2.32. The van der Waals surface area contributed by atoms with Crippen molar-refractivity contribution in [1.29, 1.82) is 0 Å². The lowest BCUT2D eigenvalue weighted by Gasteiger charge is -2.41. The topological polar surface area (TPSA) is 24.5 Å². The van der Waals surface area contributed by atoms with Crippen molar-refractivity contribution in [2.45, 2.75) is 52.3 Å². The fourth-order valence-electron chi connectivity index (χ4n) is 2.86. The van der Waals surface area contributed by atoms with E-state index in [0.717, 1.165) is 43.8 Å². The Balaban J connectivity index is 2.25. The maximum atomic E-state index is 14.3. The normalized spacial score (nSPS) is 22.6. The maximum Gasteiger partial charge on any atom is 0.129 e. The zero-order chi connectivity index (χ0) is 15.2. The summed E-state index contributed by atoms with van der Waals surface area (Å²) >= 11 is 0. The Kier molecular flexibility index (Phi) is 6.00. The molecule has 2 unspecified atom stereocenters. The standard InChI is InChI=1S/C17H27FN2O/c1-4-9-19-10-15-16(18)7-6-8-17(15)20-11-13(3)21-12-14(20)5-2/h6-8,13-14,19H,4-5,9-12H2,1-3H3. The van der Waals surface area contributed by atoms with E-state index in [2.05, 4.69) is 31.0 Å². The first-order chi connectivity index (χ1) is 10.2. The van der Waals surface area contributed by atoms with Gasteiger partial charge in [-0.25, -0.2) is 4.39 Å². The van der Waals surface area contributed by atoms with Gasteiger partial charge in [-0.15, -0.1) is 0 Å². The number of rotatable bonds is 6. The fraction of sp³-hybridized carbons (Fsp3) is 0.647. The van der Waals surface area contributed by atoms with Crippen molar-refractivity contribution in [3.05, 3.63) is 29.6 Å². The van der Waals surface area contributed by atoms with Gasteiger partial charge in [-0.05, 0) is 38.4 Å². The molecule has 0 amide bonds. The largest absolute Gasteiger partial charge is 0.375 e. The third kappa shape index (κ3) is 3.95. The molecule has 0 bridgehead atoms. The van der Waals surface area contributed by atoms with E-state index in [9.17, 15) is 4.39 Å². The van der Waals surface area contributed by atoms with E-state index in [0.29, 0.717) is 12.6 Å². The Morgan fingerprint density at radius 3 is 2.90 bits per heavy atom. The van der Waals surface area contributed by atoms with E-state index in [4.69, 9.17) is 4.74 Å². The Morgan fingerprint density at radius 2 is 2.19 bits per heavy atom. The van der Waals surface area contributed by atoms with Gasteiger partial charge in [0.1, 0.15) is 5.82 Å². The average Bonchev–Trinajstić information content (AvgIpc) is 2.49. The smallest absolute Gasteiger partial charge is 0.129 e. The summed E-state index contributed by atoms with van der Waals surface area (Å²) in [6.07, 6.45) is 2.24. The number of benzene rings is 1. The SMILES string of the molecule is CCCNCc1c(F)cccc1N1CC(C)OCC1CC. The third-order valence-electron chi connectivity index (χ3n) is 4.07. The molecule has 1 aromatic carbocycles. The number of anilines is 1. The van der Waals surface area contributed by atoms with Gasteiger partial charge in [0.25, 0.3) is 0 Å². The van der Waals surface area contributed by atoms with Crippen molar-refractivity contribution in [2.24, 2.45) is 0 Å². The quantitative estimate of drug-likeness (QED) is 0.815. The summed E-state index contributed by atoms with van der Waals surface area (Å²) in [5.74, 6) is -0.120. The highest BCUT2D eigenvalue weighted by Crippen LogP contribution is 2.28. The summed E-state index contributed by atoms with van der Waals surface area (Å²) in [5, 5.41) is 3.32. The van der Waals surface area contributed by atoms with Gasteiger partial charge in [0.05, 0.1) is 18.8 Å². The van der Waals surface area contributed by atoms with Crippen molar-refractivity contribution >= 4 is 5.69 Å². The van der Waals surface area contributed by atoms with Crippen LogP contribution in [0.4, 0.5) is 10.1 Å². The van der Waals surface area contributed by atoms with E-state index < -0.39 is 0 Å². The van der Waals surface area contributed by atoms with Gasteiger partial charge in [-0.1, -0.05) is 19.9 Å². The monoisotopic (exact) mass is 294 g/mol. The zero-order valence-corrected chi connectivity index (χ0v) is 13.4. The predicted molar refractivity (Wildman–Crippen MR) is 85.2 cm³/mol. The second-order valence-electron chi connectivity index (χ2n) is 5.77. The second kappa shape index (κ2) is 7.76. The van der Waals surface area contributed by atoms with Crippen LogP contribution >= 0.6 is 0 Å². The molecule has 3 nitrogen and oxygen atoms in total. The summed E-state index contributed by atoms with van der Waals surface area (Å²) < 4.78 is 20.0. The average molecular weight is 294 g/mol. The van der Waals surface area contributed by atoms with E-state index in [1.165, 1.54) is 0 Å². The Hall–Kier alpha value is -1.13. The number of nitrogens with one attached hydrogen (secondary N) is 1. The molecule has 1 fully saturated rings. The van der Waals surface area contributed by atoms with Crippen LogP contribution in [0, 0.1) is 5.82 Å². The molecular formula is C17H27FN2O. The van der Waals surface area contributed by atoms with E-state index >= 15 is 0 Å². The molecule has 2 rings (SSSR count). The third-order valence-corrected chi connectivity index (χ3v) is 4.07. The molecule has 1 aliphatic rings. The summed E-state index contributed by atoms with van der Waals surface area (Å²) in [7, 11) is 0. The summed E-state index contributed by atoms with van der Waals surface area (Å²) in [6, 6.07) is 5.72. The maximum absolute atomic E-state index is 14.3. The van der Waals surface area contributed by atoms with Crippen LogP contribution in [0.3, 0.4) is 0 Å². The molecule has 0 aliphatic carbocycles. The van der Waals surface area contributed by atoms with Gasteiger partial charge in [0, 0.05) is 24.3 Å². The number of hydrogen-bond acceptors (Lipinski definition) is 3. The minimum absolute atomic E-state index is 0.120. The lowest BCUT2D eigenvalue weighted by atomic mass is 10.1. The minimum Gasteiger partial charge on any atom is -0.375 e. The van der Waals surface area contributed by atoms with Crippen molar-refractivity contribution in [3.8, 4) is 0 Å². The molecule has 1 N–H and O–H groups in total. The first kappa shape index (κ1) is 16.2. The van der Waals surface area contributed by atoms with Crippen LogP contribution in [0.25, 0.3) is 0 Å². The Labute approximate surface area is 127 Å². The highest BCUT2D eigenvalue weighted by atomic mass is 19.1. The van der Waals surface area contributed by atoms with Crippen LogP contribution in [0.5, 0.6) is 0 Å². The van der Waals surface area contributed by atoms with Gasteiger partial charge in [0.2, 0.25) is 0 Å². The van der Waals surface area contributed by atoms with Crippen molar-refractivity contribution < 1.29 is 9.13 Å². The van der Waals surface area contributed by atoms with Crippen LogP contribution in [0.15, 0.2) is 18.2 Å². The molecule has 1 saturated heterocycles. The van der Waals surface area contributed by atoms with Crippen LogP contribution in [-0.4, -0.2) is 31.8 Å². The molecule has 0 saturated carbocycles. The zero-order valence-electron chi connectivity index (χ0n) is 13.4. The van der Waals surface area contributed by atoms with E-state index in [1.807, 2.05) is 6.07 Å². The molecule has 1 heterocycles. The molecule has 118 valence electrons. The predicted octanol–water partition coefficient (Wildman–Crippen LogP) is 3.33. The van der Waals surface area contributed by atoms with Crippen LogP contribution in [-0.2, 0) is 11.3 Å². The number of ether oxygens (including phenoxy) is 1. The molecule has 0 radical (unpaired) electrons. The van der Waals surface area contributed by atoms with Gasteiger partial charge >= 0.3 is 0 Å². The lowest BCUT2D eigenvalue weighted by molar-refractivity contribution is 0.0298. The molecule has 1 aromatic rings. The lowest BCUT2D eigenvalue weighted by Crippen LogP contribution is -2.49. The van der Waals surface area contributed by atoms with Crippen LogP contribution in [0.1, 0.15) is 39.2 Å². The van der Waals surface area contributed by atoms with E-state index in [-0.39, 0.29) is 11.9 Å². The molecule has 2 atom stereocenters. The molecule has 0 spiro atoms. The highest BCUT2D eigenvalue weighted by Gasteiger charge is 2.27. The second-order valence-corrected chi connectivity index (χ2v) is 5.77. The number of halogens is 1. The molecule has 4 heteroatoms. The Morgan fingerprint density at radius 1 is 1.38 bits per heavy atom. The number of hydrogen-bond donors (Lipinski definition) is 1. The highest BCUT2D eigenvalue weighted by molar-refractivity contribution is 5.55. The van der Waals surface area contributed by atoms with E-state index in [1.54, 1.807) is 12.1 Å². The molecule has 0 aromatic heterocycles. The van der Waals surface area contributed by atoms with Gasteiger partial charge < -0.3 is 15.0 Å². The van der Waals surface area contributed by atoms with Crippen molar-refractivity contribution in [2.75, 3.05) is 24.6 Å². The molecule has 21 heavy (non-hydrogen) atoms. The number of nitrogens with zero attached hydrogens (tertiary/aromatic N) is 1. The van der Waals surface area contributed by atoms with Crippen LogP contribution in [0.2, 0.25) is 0 Å². The van der Waals surface area contributed by atoms with Gasteiger partial charge in [-0.2, -0.15) is 0 Å².